The lowest BCUT2D eigenvalue weighted by atomic mass is 10.2. The Morgan fingerprint density at radius 2 is 1.90 bits per heavy atom. The first kappa shape index (κ1) is 13.7. The molecule has 4 nitrogen and oxygen atoms in total. The summed E-state index contributed by atoms with van der Waals surface area (Å²) in [7, 11) is 0. The fourth-order valence-electron chi connectivity index (χ4n) is 2.14. The molecular formula is C16H14BrN3O. The highest BCUT2D eigenvalue weighted by Crippen LogP contribution is 2.21. The van der Waals surface area contributed by atoms with E-state index in [1.807, 2.05) is 54.7 Å². The van der Waals surface area contributed by atoms with Crippen molar-refractivity contribution in [2.75, 3.05) is 5.32 Å². The van der Waals surface area contributed by atoms with Crippen LogP contribution in [0.1, 0.15) is 5.56 Å². The molecule has 0 aliphatic heterocycles. The number of anilines is 1. The summed E-state index contributed by atoms with van der Waals surface area (Å²) < 4.78 is 1.02. The third-order valence-corrected chi connectivity index (χ3v) is 3.73. The average molecular weight is 344 g/mol. The Hall–Kier alpha value is -2.27. The molecule has 21 heavy (non-hydrogen) atoms. The van der Waals surface area contributed by atoms with Crippen molar-refractivity contribution in [1.82, 2.24) is 10.3 Å². The Balaban J connectivity index is 1.64. The molecule has 0 fully saturated rings. The van der Waals surface area contributed by atoms with Crippen LogP contribution >= 0.6 is 15.9 Å². The zero-order valence-electron chi connectivity index (χ0n) is 11.2. The lowest BCUT2D eigenvalue weighted by Gasteiger charge is -2.09. The van der Waals surface area contributed by atoms with Gasteiger partial charge < -0.3 is 15.6 Å². The number of aromatic nitrogens is 1. The first-order valence-electron chi connectivity index (χ1n) is 6.58. The molecule has 1 heterocycles. The zero-order chi connectivity index (χ0) is 14.7. The topological polar surface area (TPSA) is 56.9 Å². The van der Waals surface area contributed by atoms with Gasteiger partial charge in [0.2, 0.25) is 0 Å². The maximum atomic E-state index is 12.0. The second-order valence-electron chi connectivity index (χ2n) is 4.68. The van der Waals surface area contributed by atoms with E-state index in [9.17, 15) is 4.79 Å². The van der Waals surface area contributed by atoms with E-state index in [0.717, 1.165) is 26.6 Å². The molecule has 0 bridgehead atoms. The van der Waals surface area contributed by atoms with Crippen molar-refractivity contribution in [2.24, 2.45) is 0 Å². The summed E-state index contributed by atoms with van der Waals surface area (Å²) in [5.74, 6) is 0. The van der Waals surface area contributed by atoms with Crippen molar-refractivity contribution in [2.45, 2.75) is 6.54 Å². The fraction of sp³-hybridized carbons (Fsp3) is 0.0625. The van der Waals surface area contributed by atoms with Crippen LogP contribution in [0.25, 0.3) is 10.9 Å². The standard InChI is InChI=1S/C16H14BrN3O/c17-13-6-4-11(5-7-13)10-19-16(21)20-14-3-1-2-12-8-9-18-15(12)14/h1-9,18H,10H2,(H2,19,20,21). The van der Waals surface area contributed by atoms with Gasteiger partial charge in [-0.1, -0.05) is 40.2 Å². The summed E-state index contributed by atoms with van der Waals surface area (Å²) in [5, 5.41) is 6.78. The molecule has 3 aromatic rings. The number of carbonyl (C=O) groups is 1. The molecule has 3 N–H and O–H groups in total. The Labute approximate surface area is 130 Å². The molecule has 0 radical (unpaired) electrons. The van der Waals surface area contributed by atoms with Crippen LogP contribution < -0.4 is 10.6 Å². The van der Waals surface area contributed by atoms with Crippen LogP contribution in [0.2, 0.25) is 0 Å². The van der Waals surface area contributed by atoms with E-state index >= 15 is 0 Å². The van der Waals surface area contributed by atoms with E-state index in [-0.39, 0.29) is 6.03 Å². The molecule has 0 spiro atoms. The van der Waals surface area contributed by atoms with Crippen LogP contribution in [0, 0.1) is 0 Å². The van der Waals surface area contributed by atoms with Gasteiger partial charge in [0, 0.05) is 22.6 Å². The number of nitrogens with one attached hydrogen (secondary N) is 3. The molecule has 2 amide bonds. The van der Waals surface area contributed by atoms with Crippen molar-refractivity contribution >= 4 is 38.6 Å². The minimum absolute atomic E-state index is 0.222. The van der Waals surface area contributed by atoms with Gasteiger partial charge in [0.25, 0.3) is 0 Å². The van der Waals surface area contributed by atoms with Crippen LogP contribution in [-0.2, 0) is 6.54 Å². The van der Waals surface area contributed by atoms with Crippen LogP contribution in [0.4, 0.5) is 10.5 Å². The fourth-order valence-corrected chi connectivity index (χ4v) is 2.40. The van der Waals surface area contributed by atoms with Gasteiger partial charge >= 0.3 is 6.03 Å². The SMILES string of the molecule is O=C(NCc1ccc(Br)cc1)Nc1cccc2cc[nH]c12. The lowest BCUT2D eigenvalue weighted by molar-refractivity contribution is 0.252. The van der Waals surface area contributed by atoms with Gasteiger partial charge in [-0.3, -0.25) is 0 Å². The number of hydrogen-bond acceptors (Lipinski definition) is 1. The first-order chi connectivity index (χ1) is 10.2. The number of amides is 2. The molecular weight excluding hydrogens is 330 g/mol. The number of hydrogen-bond donors (Lipinski definition) is 3. The van der Waals surface area contributed by atoms with Crippen LogP contribution in [0.15, 0.2) is 59.2 Å². The number of carbonyl (C=O) groups excluding carboxylic acids is 1. The zero-order valence-corrected chi connectivity index (χ0v) is 12.8. The molecule has 0 atom stereocenters. The van der Waals surface area contributed by atoms with Crippen LogP contribution in [0.5, 0.6) is 0 Å². The van der Waals surface area contributed by atoms with Gasteiger partial charge in [-0.25, -0.2) is 4.79 Å². The quantitative estimate of drug-likeness (QED) is 0.654. The average Bonchev–Trinajstić information content (AvgIpc) is 2.96. The third kappa shape index (κ3) is 3.25. The molecule has 0 saturated carbocycles. The van der Waals surface area contributed by atoms with Gasteiger partial charge in [-0.05, 0) is 29.8 Å². The second kappa shape index (κ2) is 6.01. The van der Waals surface area contributed by atoms with Crippen molar-refractivity contribution in [3.8, 4) is 0 Å². The van der Waals surface area contributed by atoms with Crippen molar-refractivity contribution in [1.29, 1.82) is 0 Å². The smallest absolute Gasteiger partial charge is 0.319 e. The maximum absolute atomic E-state index is 12.0. The molecule has 0 aliphatic rings. The largest absolute Gasteiger partial charge is 0.359 e. The predicted molar refractivity (Wildman–Crippen MR) is 88.3 cm³/mol. The van der Waals surface area contributed by atoms with E-state index in [2.05, 4.69) is 31.5 Å². The summed E-state index contributed by atoms with van der Waals surface area (Å²) in [5.41, 5.74) is 2.74. The number of urea groups is 1. The Kier molecular flexibility index (Phi) is 3.92. The van der Waals surface area contributed by atoms with Crippen molar-refractivity contribution < 1.29 is 4.79 Å². The summed E-state index contributed by atoms with van der Waals surface area (Å²) in [4.78, 5) is 15.1. The first-order valence-corrected chi connectivity index (χ1v) is 7.37. The Morgan fingerprint density at radius 3 is 2.71 bits per heavy atom. The predicted octanol–water partition coefficient (Wildman–Crippen LogP) is 4.25. The molecule has 106 valence electrons. The number of para-hydroxylation sites is 1. The number of rotatable bonds is 3. The van der Waals surface area contributed by atoms with Gasteiger partial charge in [0.05, 0.1) is 11.2 Å². The summed E-state index contributed by atoms with van der Waals surface area (Å²) in [6, 6.07) is 15.4. The van der Waals surface area contributed by atoms with Crippen molar-refractivity contribution in [3.05, 3.63) is 64.8 Å². The van der Waals surface area contributed by atoms with Crippen LogP contribution in [0.3, 0.4) is 0 Å². The lowest BCUT2D eigenvalue weighted by Crippen LogP contribution is -2.28. The van der Waals surface area contributed by atoms with E-state index in [1.54, 1.807) is 0 Å². The number of aromatic amines is 1. The number of halogens is 1. The van der Waals surface area contributed by atoms with E-state index in [1.165, 1.54) is 0 Å². The Bertz CT molecular complexity index is 765. The molecule has 1 aromatic heterocycles. The van der Waals surface area contributed by atoms with Gasteiger partial charge in [-0.2, -0.15) is 0 Å². The third-order valence-electron chi connectivity index (χ3n) is 3.20. The van der Waals surface area contributed by atoms with E-state index in [4.69, 9.17) is 0 Å². The highest BCUT2D eigenvalue weighted by molar-refractivity contribution is 9.10. The number of fused-ring (bicyclic) bond motifs is 1. The van der Waals surface area contributed by atoms with Gasteiger partial charge in [0.1, 0.15) is 0 Å². The normalized spacial score (nSPS) is 10.5. The molecule has 2 aromatic carbocycles. The minimum atomic E-state index is -0.222. The molecule has 5 heteroatoms. The number of benzene rings is 2. The molecule has 3 rings (SSSR count). The summed E-state index contributed by atoms with van der Waals surface area (Å²) in [6.07, 6.45) is 1.86. The van der Waals surface area contributed by atoms with E-state index in [0.29, 0.717) is 6.54 Å². The highest BCUT2D eigenvalue weighted by atomic mass is 79.9. The van der Waals surface area contributed by atoms with E-state index < -0.39 is 0 Å². The highest BCUT2D eigenvalue weighted by Gasteiger charge is 2.05. The number of H-pyrrole nitrogens is 1. The second-order valence-corrected chi connectivity index (χ2v) is 5.60. The Morgan fingerprint density at radius 1 is 1.10 bits per heavy atom. The monoisotopic (exact) mass is 343 g/mol. The van der Waals surface area contributed by atoms with Gasteiger partial charge in [0.15, 0.2) is 0 Å². The molecule has 0 aliphatic carbocycles. The summed E-state index contributed by atoms with van der Waals surface area (Å²) >= 11 is 3.39. The molecule has 0 unspecified atom stereocenters. The summed E-state index contributed by atoms with van der Waals surface area (Å²) in [6.45, 7) is 0.486. The van der Waals surface area contributed by atoms with Gasteiger partial charge in [-0.15, -0.1) is 0 Å². The molecule has 0 saturated heterocycles. The van der Waals surface area contributed by atoms with Crippen molar-refractivity contribution in [3.63, 3.8) is 0 Å². The maximum Gasteiger partial charge on any atom is 0.319 e. The minimum Gasteiger partial charge on any atom is -0.359 e. The van der Waals surface area contributed by atoms with Crippen LogP contribution in [-0.4, -0.2) is 11.0 Å².